The van der Waals surface area contributed by atoms with Gasteiger partial charge in [0, 0.05) is 29.0 Å². The van der Waals surface area contributed by atoms with Crippen molar-refractivity contribution in [2.24, 2.45) is 0 Å². The average molecular weight is 388 g/mol. The minimum atomic E-state index is -1.06. The highest BCUT2D eigenvalue weighted by Gasteiger charge is 2.18. The number of amides is 1. The van der Waals surface area contributed by atoms with Gasteiger partial charge in [0.1, 0.15) is 11.3 Å². The molecule has 2 aromatic rings. The van der Waals surface area contributed by atoms with E-state index in [4.69, 9.17) is 9.15 Å². The van der Waals surface area contributed by atoms with Crippen LogP contribution in [-0.2, 0) is 9.59 Å². The number of carboxylic acids is 1. The Morgan fingerprint density at radius 3 is 2.50 bits per heavy atom. The first-order valence-corrected chi connectivity index (χ1v) is 9.40. The molecular formula is C21H26NO6-. The third-order valence-electron chi connectivity index (χ3n) is 4.85. The summed E-state index contributed by atoms with van der Waals surface area (Å²) in [7, 11) is 0. The predicted molar refractivity (Wildman–Crippen MR) is 103 cm³/mol. The Labute approximate surface area is 163 Å². The summed E-state index contributed by atoms with van der Waals surface area (Å²) >= 11 is 0. The first-order chi connectivity index (χ1) is 13.2. The first-order valence-electron chi connectivity index (χ1n) is 9.40. The lowest BCUT2D eigenvalue weighted by Crippen LogP contribution is -2.37. The van der Waals surface area contributed by atoms with Gasteiger partial charge in [-0.15, -0.1) is 0 Å². The second kappa shape index (κ2) is 9.39. The molecule has 0 saturated carbocycles. The number of rotatable bonds is 9. The molecule has 0 radical (unpaired) electrons. The molecule has 152 valence electrons. The van der Waals surface area contributed by atoms with Crippen molar-refractivity contribution < 1.29 is 23.8 Å². The van der Waals surface area contributed by atoms with Gasteiger partial charge in [-0.1, -0.05) is 6.42 Å². The van der Waals surface area contributed by atoms with Gasteiger partial charge in [0.2, 0.25) is 0 Å². The summed E-state index contributed by atoms with van der Waals surface area (Å²) < 4.78 is 11.2. The van der Waals surface area contributed by atoms with Crippen LogP contribution in [0.25, 0.3) is 11.0 Å². The van der Waals surface area contributed by atoms with E-state index in [1.165, 1.54) is 0 Å². The quantitative estimate of drug-likeness (QED) is 0.519. The average Bonchev–Trinajstić information content (AvgIpc) is 2.65. The maximum atomic E-state index is 12.2. The van der Waals surface area contributed by atoms with Crippen LogP contribution in [-0.4, -0.2) is 24.5 Å². The van der Waals surface area contributed by atoms with Crippen LogP contribution >= 0.6 is 0 Å². The Kier molecular flexibility index (Phi) is 7.20. The number of benzene rings is 1. The number of ether oxygens (including phenoxy) is 1. The fourth-order valence-corrected chi connectivity index (χ4v) is 2.92. The van der Waals surface area contributed by atoms with E-state index in [2.05, 4.69) is 5.32 Å². The van der Waals surface area contributed by atoms with Gasteiger partial charge in [0.15, 0.2) is 6.10 Å². The normalized spacial score (nSPS) is 12.0. The molecule has 7 heteroatoms. The summed E-state index contributed by atoms with van der Waals surface area (Å²) in [6.45, 7) is 7.48. The summed E-state index contributed by atoms with van der Waals surface area (Å²) in [5.41, 5.74) is 2.19. The lowest BCUT2D eigenvalue weighted by Gasteiger charge is -2.17. The lowest BCUT2D eigenvalue weighted by molar-refractivity contribution is -0.305. The number of aryl methyl sites for hydroxylation is 2. The second-order valence-electron chi connectivity index (χ2n) is 6.94. The molecule has 1 N–H and O–H groups in total. The van der Waals surface area contributed by atoms with E-state index in [0.29, 0.717) is 48.3 Å². The van der Waals surface area contributed by atoms with Gasteiger partial charge < -0.3 is 24.4 Å². The van der Waals surface area contributed by atoms with Gasteiger partial charge in [-0.25, -0.2) is 4.79 Å². The van der Waals surface area contributed by atoms with Crippen molar-refractivity contribution in [3.8, 4) is 5.75 Å². The van der Waals surface area contributed by atoms with Crippen LogP contribution in [0.4, 0.5) is 0 Å². The third-order valence-corrected chi connectivity index (χ3v) is 4.85. The fraction of sp³-hybridized carbons (Fsp3) is 0.476. The van der Waals surface area contributed by atoms with Gasteiger partial charge >= 0.3 is 5.63 Å². The number of unbranched alkanes of at least 4 members (excludes halogenated alkanes) is 2. The number of fused-ring (bicyclic) bond motifs is 1. The molecule has 0 bridgehead atoms. The Morgan fingerprint density at radius 2 is 1.82 bits per heavy atom. The van der Waals surface area contributed by atoms with Crippen LogP contribution in [0, 0.1) is 20.8 Å². The highest BCUT2D eigenvalue weighted by Crippen LogP contribution is 2.29. The van der Waals surface area contributed by atoms with Gasteiger partial charge in [-0.2, -0.15) is 0 Å². The molecule has 0 spiro atoms. The molecule has 0 aliphatic carbocycles. The molecule has 1 heterocycles. The topological polar surface area (TPSA) is 109 Å². The van der Waals surface area contributed by atoms with Gasteiger partial charge in [0.25, 0.3) is 5.91 Å². The molecule has 1 atom stereocenters. The van der Waals surface area contributed by atoms with E-state index >= 15 is 0 Å². The minimum Gasteiger partial charge on any atom is -0.550 e. The lowest BCUT2D eigenvalue weighted by atomic mass is 10.0. The van der Waals surface area contributed by atoms with E-state index in [-0.39, 0.29) is 18.0 Å². The highest BCUT2D eigenvalue weighted by atomic mass is 16.5. The van der Waals surface area contributed by atoms with E-state index in [0.717, 1.165) is 10.9 Å². The zero-order chi connectivity index (χ0) is 20.8. The molecule has 7 nitrogen and oxygen atoms in total. The van der Waals surface area contributed by atoms with E-state index in [9.17, 15) is 19.5 Å². The van der Waals surface area contributed by atoms with Crippen LogP contribution in [0.3, 0.4) is 0 Å². The summed E-state index contributed by atoms with van der Waals surface area (Å²) in [5, 5.41) is 14.0. The molecule has 0 unspecified atom stereocenters. The smallest absolute Gasteiger partial charge is 0.339 e. The molecule has 0 aliphatic rings. The second-order valence-corrected chi connectivity index (χ2v) is 6.94. The number of hydrogen-bond acceptors (Lipinski definition) is 6. The van der Waals surface area contributed by atoms with Crippen LogP contribution in [0.2, 0.25) is 0 Å². The van der Waals surface area contributed by atoms with E-state index in [1.54, 1.807) is 26.8 Å². The molecule has 1 amide bonds. The SMILES string of the molecule is Cc1c(C)c2ccc(O[C@@H](C)C(=O)NCCCCCC(=O)[O-])c(C)c2oc1=O. The highest BCUT2D eigenvalue weighted by molar-refractivity contribution is 5.86. The van der Waals surface area contributed by atoms with Crippen LogP contribution < -0.4 is 20.8 Å². The van der Waals surface area contributed by atoms with Crippen molar-refractivity contribution in [1.29, 1.82) is 0 Å². The maximum Gasteiger partial charge on any atom is 0.339 e. The Morgan fingerprint density at radius 1 is 1.11 bits per heavy atom. The zero-order valence-corrected chi connectivity index (χ0v) is 16.7. The number of hydrogen-bond donors (Lipinski definition) is 1. The van der Waals surface area contributed by atoms with Crippen LogP contribution in [0.5, 0.6) is 5.75 Å². The van der Waals surface area contributed by atoms with Crippen molar-refractivity contribution in [3.05, 3.63) is 39.2 Å². The number of aliphatic carboxylic acids is 1. The Balaban J connectivity index is 1.99. The van der Waals surface area contributed by atoms with Crippen molar-refractivity contribution in [3.63, 3.8) is 0 Å². The third kappa shape index (κ3) is 5.12. The molecular weight excluding hydrogens is 362 g/mol. The minimum absolute atomic E-state index is 0.0316. The monoisotopic (exact) mass is 388 g/mol. The van der Waals surface area contributed by atoms with Crippen molar-refractivity contribution in [2.45, 2.75) is 59.5 Å². The van der Waals surface area contributed by atoms with Gasteiger partial charge in [-0.3, -0.25) is 4.79 Å². The molecule has 0 fully saturated rings. The number of carboxylic acid groups (broad SMARTS) is 1. The van der Waals surface area contributed by atoms with Gasteiger partial charge in [0.05, 0.1) is 0 Å². The number of carbonyl (C=O) groups is 2. The summed E-state index contributed by atoms with van der Waals surface area (Å²) in [4.78, 5) is 34.5. The zero-order valence-electron chi connectivity index (χ0n) is 16.7. The molecule has 1 aromatic carbocycles. The summed E-state index contributed by atoms with van der Waals surface area (Å²) in [5.74, 6) is -0.838. The summed E-state index contributed by atoms with van der Waals surface area (Å²) in [6, 6.07) is 3.60. The maximum absolute atomic E-state index is 12.2. The van der Waals surface area contributed by atoms with Crippen molar-refractivity contribution in [2.75, 3.05) is 6.54 Å². The predicted octanol–water partition coefficient (Wildman–Crippen LogP) is 1.91. The van der Waals surface area contributed by atoms with Gasteiger partial charge in [-0.05, 0) is 64.7 Å². The standard InChI is InChI=1S/C21H27NO6/c1-12-13(2)21(26)28-19-14(3)17(10-9-16(12)19)27-15(4)20(25)22-11-7-5-6-8-18(23)24/h9-10,15H,5-8,11H2,1-4H3,(H,22,25)(H,23,24)/p-1/t15-/m0/s1. The fourth-order valence-electron chi connectivity index (χ4n) is 2.92. The molecule has 2 rings (SSSR count). The molecule has 1 aromatic heterocycles. The molecule has 0 aliphatic heterocycles. The number of carbonyl (C=O) groups excluding carboxylic acids is 2. The van der Waals surface area contributed by atoms with E-state index in [1.807, 2.05) is 13.0 Å². The van der Waals surface area contributed by atoms with E-state index < -0.39 is 12.1 Å². The first kappa shape index (κ1) is 21.5. The number of nitrogens with one attached hydrogen (secondary N) is 1. The van der Waals surface area contributed by atoms with Crippen LogP contribution in [0.1, 0.15) is 49.3 Å². The van der Waals surface area contributed by atoms with Crippen molar-refractivity contribution in [1.82, 2.24) is 5.32 Å². The largest absolute Gasteiger partial charge is 0.550 e. The Hall–Kier alpha value is -2.83. The molecule has 0 saturated heterocycles. The molecule has 28 heavy (non-hydrogen) atoms. The van der Waals surface area contributed by atoms with Crippen molar-refractivity contribution >= 4 is 22.8 Å². The van der Waals surface area contributed by atoms with Crippen LogP contribution in [0.15, 0.2) is 21.3 Å². The Bertz CT molecular complexity index is 931. The summed E-state index contributed by atoms with van der Waals surface area (Å²) in [6.07, 6.45) is 1.22.